The average Bonchev–Trinajstić information content (AvgIpc) is 3.01. The lowest BCUT2D eigenvalue weighted by Crippen LogP contribution is -2.67. The fourth-order valence-corrected chi connectivity index (χ4v) is 5.37. The normalized spacial score (nSPS) is 34.6. The van der Waals surface area contributed by atoms with Crippen LogP contribution in [0.1, 0.15) is 51.9 Å². The number of ether oxygens (including phenoxy) is 9. The van der Waals surface area contributed by atoms with Crippen LogP contribution in [0.3, 0.4) is 0 Å². The second-order valence-electron chi connectivity index (χ2n) is 11.0. The zero-order valence-corrected chi connectivity index (χ0v) is 25.6. The number of allylic oxidation sites excluding steroid dienone is 1. The molecule has 0 aliphatic carbocycles. The minimum atomic E-state index is -1.64. The fourth-order valence-electron chi connectivity index (χ4n) is 5.37. The van der Waals surface area contributed by atoms with Crippen LogP contribution in [0.4, 0.5) is 0 Å². The highest BCUT2D eigenvalue weighted by Gasteiger charge is 2.55. The number of hydrogen-bond donors (Lipinski definition) is 2. The molecule has 3 saturated heterocycles. The first-order valence-electron chi connectivity index (χ1n) is 14.9. The van der Waals surface area contributed by atoms with E-state index in [2.05, 4.69) is 6.58 Å². The van der Waals surface area contributed by atoms with Gasteiger partial charge in [0.1, 0.15) is 43.2 Å². The van der Waals surface area contributed by atoms with Gasteiger partial charge in [-0.1, -0.05) is 36.4 Å². The van der Waals surface area contributed by atoms with Crippen molar-refractivity contribution in [2.45, 2.75) is 108 Å². The molecule has 0 spiro atoms. The van der Waals surface area contributed by atoms with Gasteiger partial charge < -0.3 is 52.8 Å². The summed E-state index contributed by atoms with van der Waals surface area (Å²) in [5.41, 5.74) is 0.724. The van der Waals surface area contributed by atoms with E-state index in [4.69, 9.17) is 42.6 Å². The molecule has 4 rings (SSSR count). The Kier molecular flexibility index (Phi) is 12.9. The topological polar surface area (TPSA) is 175 Å². The van der Waals surface area contributed by atoms with E-state index in [1.165, 1.54) is 13.8 Å². The number of unbranched alkanes of at least 4 members (excludes halogenated alkanes) is 2. The van der Waals surface area contributed by atoms with Gasteiger partial charge >= 0.3 is 17.9 Å². The second kappa shape index (κ2) is 16.6. The number of esters is 3. The van der Waals surface area contributed by atoms with Gasteiger partial charge in [0.25, 0.3) is 0 Å². The SMILES string of the molecule is C=CCCCCO[C@@H]1O[C@H](COC(C)=O)[C@@H](O[C@@H]2O[C@@H]3COC(c4ccccc4)O[C@@H]3[C@H](O)[C@H]2O)[C@H](OC(C)=O)[C@H]1OC(C)=O. The molecular weight excluding hydrogens is 596 g/mol. The van der Waals surface area contributed by atoms with Gasteiger partial charge in [-0.3, -0.25) is 14.4 Å². The van der Waals surface area contributed by atoms with Gasteiger partial charge in [-0.15, -0.1) is 6.58 Å². The molecular formula is C31H42O14. The Hall–Kier alpha value is -2.95. The van der Waals surface area contributed by atoms with Gasteiger partial charge in [0.05, 0.1) is 6.61 Å². The van der Waals surface area contributed by atoms with Crippen LogP contribution in [-0.4, -0.2) is 109 Å². The van der Waals surface area contributed by atoms with Crippen molar-refractivity contribution in [2.24, 2.45) is 0 Å². The van der Waals surface area contributed by atoms with Gasteiger partial charge in [-0.05, 0) is 19.3 Å². The molecule has 1 aromatic rings. The lowest BCUT2D eigenvalue weighted by atomic mass is 9.96. The van der Waals surface area contributed by atoms with Crippen molar-refractivity contribution < 1.29 is 67.2 Å². The summed E-state index contributed by atoms with van der Waals surface area (Å²) in [5, 5.41) is 22.2. The van der Waals surface area contributed by atoms with Gasteiger partial charge in [-0.25, -0.2) is 0 Å². The quantitative estimate of drug-likeness (QED) is 0.137. The van der Waals surface area contributed by atoms with Gasteiger partial charge in [-0.2, -0.15) is 0 Å². The summed E-state index contributed by atoms with van der Waals surface area (Å²) >= 11 is 0. The van der Waals surface area contributed by atoms with Gasteiger partial charge in [0.2, 0.25) is 0 Å². The summed E-state index contributed by atoms with van der Waals surface area (Å²) in [5.74, 6) is -2.08. The number of rotatable bonds is 13. The van der Waals surface area contributed by atoms with Crippen LogP contribution in [0, 0.1) is 0 Å². The molecule has 0 aromatic heterocycles. The van der Waals surface area contributed by atoms with E-state index in [9.17, 15) is 24.6 Å². The molecule has 14 nitrogen and oxygen atoms in total. The van der Waals surface area contributed by atoms with Crippen molar-refractivity contribution in [2.75, 3.05) is 19.8 Å². The number of benzene rings is 1. The van der Waals surface area contributed by atoms with Crippen molar-refractivity contribution >= 4 is 17.9 Å². The molecule has 3 heterocycles. The molecule has 0 radical (unpaired) electrons. The van der Waals surface area contributed by atoms with E-state index in [1.54, 1.807) is 6.08 Å². The zero-order valence-electron chi connectivity index (χ0n) is 25.6. The highest BCUT2D eigenvalue weighted by atomic mass is 16.8. The van der Waals surface area contributed by atoms with Crippen LogP contribution in [0.25, 0.3) is 0 Å². The first kappa shape index (κ1) is 34.9. The monoisotopic (exact) mass is 638 g/mol. The summed E-state index contributed by atoms with van der Waals surface area (Å²) in [6.07, 6.45) is -9.64. The van der Waals surface area contributed by atoms with Crippen molar-refractivity contribution in [1.82, 2.24) is 0 Å². The van der Waals surface area contributed by atoms with Crippen molar-refractivity contribution in [1.29, 1.82) is 0 Å². The summed E-state index contributed by atoms with van der Waals surface area (Å²) in [6, 6.07) is 9.10. The van der Waals surface area contributed by atoms with Crippen molar-refractivity contribution in [3.8, 4) is 0 Å². The number of carbonyl (C=O) groups is 3. The molecule has 3 aliphatic rings. The first-order valence-corrected chi connectivity index (χ1v) is 14.9. The Balaban J connectivity index is 1.56. The van der Waals surface area contributed by atoms with Crippen LogP contribution >= 0.6 is 0 Å². The lowest BCUT2D eigenvalue weighted by molar-refractivity contribution is -0.385. The number of hydrogen-bond acceptors (Lipinski definition) is 14. The zero-order chi connectivity index (χ0) is 32.5. The third-order valence-corrected chi connectivity index (χ3v) is 7.43. The van der Waals surface area contributed by atoms with E-state index in [1.807, 2.05) is 30.3 Å². The highest BCUT2D eigenvalue weighted by Crippen LogP contribution is 2.37. The molecule has 3 aliphatic heterocycles. The van der Waals surface area contributed by atoms with E-state index in [0.29, 0.717) is 6.42 Å². The van der Waals surface area contributed by atoms with Crippen LogP contribution in [0.5, 0.6) is 0 Å². The summed E-state index contributed by atoms with van der Waals surface area (Å²) in [6.45, 7) is 7.06. The minimum absolute atomic E-state index is 0.00285. The first-order chi connectivity index (χ1) is 21.6. The Bertz CT molecular complexity index is 1130. The smallest absolute Gasteiger partial charge is 0.303 e. The Labute approximate surface area is 261 Å². The molecule has 3 fully saturated rings. The molecule has 11 atom stereocenters. The number of aliphatic hydroxyl groups is 2. The second-order valence-corrected chi connectivity index (χ2v) is 11.0. The van der Waals surface area contributed by atoms with Crippen LogP contribution in [0.15, 0.2) is 43.0 Å². The standard InChI is InChI=1S/C31H42O14/c1-5-6-7-11-14-37-31-28(41-19(4)34)27(40-18(3)33)26(22(43-31)15-38-17(2)32)45-30-24(36)23(35)25-21(42-30)16-39-29(44-25)20-12-9-8-10-13-20/h5,8-10,12-13,21-31,35-36H,1,6-7,11,14-16H2,2-4H3/t21-,22-,23-,24-,25+,26-,27+,28-,29?,30+,31-/m1/s1. The lowest BCUT2D eigenvalue weighted by Gasteiger charge is -2.49. The maximum Gasteiger partial charge on any atom is 0.303 e. The summed E-state index contributed by atoms with van der Waals surface area (Å²) < 4.78 is 52.3. The molecule has 1 unspecified atom stereocenters. The Morgan fingerprint density at radius 2 is 1.60 bits per heavy atom. The fraction of sp³-hybridized carbons (Fsp3) is 0.645. The van der Waals surface area contributed by atoms with E-state index in [-0.39, 0.29) is 19.8 Å². The van der Waals surface area contributed by atoms with Crippen molar-refractivity contribution in [3.63, 3.8) is 0 Å². The number of aliphatic hydroxyl groups excluding tert-OH is 2. The van der Waals surface area contributed by atoms with E-state index in [0.717, 1.165) is 25.3 Å². The molecule has 2 N–H and O–H groups in total. The average molecular weight is 639 g/mol. The summed E-state index contributed by atoms with van der Waals surface area (Å²) in [4.78, 5) is 36.2. The Morgan fingerprint density at radius 1 is 0.889 bits per heavy atom. The maximum atomic E-state index is 12.3. The molecule has 14 heteroatoms. The molecule has 1 aromatic carbocycles. The Morgan fingerprint density at radius 3 is 2.27 bits per heavy atom. The minimum Gasteiger partial charge on any atom is -0.463 e. The van der Waals surface area contributed by atoms with Crippen molar-refractivity contribution in [3.05, 3.63) is 48.6 Å². The molecule has 250 valence electrons. The van der Waals surface area contributed by atoms with Crippen LogP contribution in [-0.2, 0) is 57.0 Å². The predicted molar refractivity (Wildman–Crippen MR) is 152 cm³/mol. The highest BCUT2D eigenvalue weighted by molar-refractivity contribution is 5.67. The maximum absolute atomic E-state index is 12.3. The predicted octanol–water partition coefficient (Wildman–Crippen LogP) is 1.46. The van der Waals surface area contributed by atoms with Crippen LogP contribution < -0.4 is 0 Å². The van der Waals surface area contributed by atoms with Crippen LogP contribution in [0.2, 0.25) is 0 Å². The third kappa shape index (κ3) is 9.30. The van der Waals surface area contributed by atoms with Gasteiger partial charge in [0, 0.05) is 32.9 Å². The largest absolute Gasteiger partial charge is 0.463 e. The van der Waals surface area contributed by atoms with E-state index >= 15 is 0 Å². The molecule has 0 amide bonds. The number of fused-ring (bicyclic) bond motifs is 1. The molecule has 45 heavy (non-hydrogen) atoms. The van der Waals surface area contributed by atoms with E-state index < -0.39 is 85.6 Å². The summed E-state index contributed by atoms with van der Waals surface area (Å²) in [7, 11) is 0. The number of carbonyl (C=O) groups excluding carboxylic acids is 3. The molecule has 0 bridgehead atoms. The van der Waals surface area contributed by atoms with Gasteiger partial charge in [0.15, 0.2) is 31.1 Å². The third-order valence-electron chi connectivity index (χ3n) is 7.43. The molecule has 0 saturated carbocycles.